The van der Waals surface area contributed by atoms with Crippen LogP contribution < -0.4 is 10.6 Å². The third kappa shape index (κ3) is 3.74. The number of nitrogens with zero attached hydrogens (tertiary/aromatic N) is 2. The fourth-order valence-electron chi connectivity index (χ4n) is 2.13. The lowest BCUT2D eigenvalue weighted by atomic mass is 10.3. The zero-order chi connectivity index (χ0) is 18.0. The number of hydrogen-bond donors (Lipinski definition) is 2. The monoisotopic (exact) mass is 364 g/mol. The van der Waals surface area contributed by atoms with E-state index < -0.39 is 29.1 Å². The number of anilines is 1. The fraction of sp³-hybridized carbons (Fsp3) is 0.0625. The normalized spacial score (nSPS) is 10.7. The number of aromatic nitrogens is 2. The van der Waals surface area contributed by atoms with E-state index in [1.807, 2.05) is 5.32 Å². The van der Waals surface area contributed by atoms with Gasteiger partial charge in [0.2, 0.25) is 0 Å². The average Bonchev–Trinajstić information content (AvgIpc) is 2.98. The van der Waals surface area contributed by atoms with Crippen LogP contribution in [0.15, 0.2) is 42.7 Å². The third-order valence-corrected chi connectivity index (χ3v) is 3.52. The third-order valence-electron chi connectivity index (χ3n) is 3.30. The topological polar surface area (TPSA) is 75.5 Å². The van der Waals surface area contributed by atoms with Crippen molar-refractivity contribution in [3.05, 3.63) is 65.1 Å². The molecule has 0 aliphatic rings. The van der Waals surface area contributed by atoms with Crippen molar-refractivity contribution >= 4 is 34.7 Å². The van der Waals surface area contributed by atoms with Gasteiger partial charge in [0.1, 0.15) is 5.65 Å². The number of carbonyl (C=O) groups is 2. The van der Waals surface area contributed by atoms with Gasteiger partial charge < -0.3 is 15.0 Å². The quantitative estimate of drug-likeness (QED) is 0.701. The van der Waals surface area contributed by atoms with Crippen LogP contribution >= 0.6 is 11.6 Å². The van der Waals surface area contributed by atoms with Crippen LogP contribution in [0.2, 0.25) is 5.02 Å². The van der Waals surface area contributed by atoms with Gasteiger partial charge in [-0.25, -0.2) is 13.8 Å². The number of imidazole rings is 1. The van der Waals surface area contributed by atoms with Gasteiger partial charge in [-0.1, -0.05) is 17.7 Å². The number of nitrogens with one attached hydrogen (secondary N) is 2. The Bertz CT molecular complexity index is 974. The Morgan fingerprint density at radius 2 is 1.92 bits per heavy atom. The van der Waals surface area contributed by atoms with Crippen LogP contribution in [-0.4, -0.2) is 21.2 Å². The molecule has 2 amide bonds. The number of amides is 2. The summed E-state index contributed by atoms with van der Waals surface area (Å²) >= 11 is 5.87. The van der Waals surface area contributed by atoms with E-state index in [1.54, 1.807) is 28.9 Å². The average molecular weight is 365 g/mol. The molecule has 0 spiro atoms. The molecule has 9 heteroatoms. The molecule has 6 nitrogen and oxygen atoms in total. The molecular weight excluding hydrogens is 354 g/mol. The highest BCUT2D eigenvalue weighted by atomic mass is 35.5. The van der Waals surface area contributed by atoms with E-state index in [9.17, 15) is 18.4 Å². The Morgan fingerprint density at radius 3 is 2.72 bits per heavy atom. The predicted octanol–water partition coefficient (Wildman–Crippen LogP) is 2.52. The van der Waals surface area contributed by atoms with Crippen molar-refractivity contribution in [3.8, 4) is 0 Å². The number of carbonyl (C=O) groups excluding carboxylic acids is 2. The van der Waals surface area contributed by atoms with Crippen molar-refractivity contribution in [2.75, 3.05) is 5.32 Å². The number of pyridine rings is 1. The summed E-state index contributed by atoms with van der Waals surface area (Å²) in [6.45, 7) is -0.0167. The molecule has 0 saturated carbocycles. The Labute approximate surface area is 145 Å². The molecule has 1 aromatic carbocycles. The zero-order valence-electron chi connectivity index (χ0n) is 12.6. The smallest absolute Gasteiger partial charge is 0.313 e. The van der Waals surface area contributed by atoms with Crippen molar-refractivity contribution in [3.63, 3.8) is 0 Å². The van der Waals surface area contributed by atoms with E-state index in [4.69, 9.17) is 11.6 Å². The Balaban J connectivity index is 1.63. The molecule has 25 heavy (non-hydrogen) atoms. The van der Waals surface area contributed by atoms with Crippen LogP contribution in [0.3, 0.4) is 0 Å². The summed E-state index contributed by atoms with van der Waals surface area (Å²) in [5.41, 5.74) is 0.711. The largest absolute Gasteiger partial charge is 0.342 e. The molecule has 0 unspecified atom stereocenters. The molecule has 0 radical (unpaired) electrons. The standard InChI is InChI=1S/C16H11ClF2N4O2/c17-9-4-5-13-21-10(8-23(13)7-9)6-20-15(24)16(25)22-12-3-1-2-11(18)14(12)19/h1-5,7-8H,6H2,(H,20,24)(H,22,25). The van der Waals surface area contributed by atoms with Crippen LogP contribution in [0.1, 0.15) is 5.69 Å². The first-order valence-electron chi connectivity index (χ1n) is 7.10. The predicted molar refractivity (Wildman–Crippen MR) is 87.0 cm³/mol. The lowest BCUT2D eigenvalue weighted by Gasteiger charge is -2.06. The lowest BCUT2D eigenvalue weighted by Crippen LogP contribution is -2.35. The second-order valence-corrected chi connectivity index (χ2v) is 5.52. The molecular formula is C16H11ClF2N4O2. The van der Waals surface area contributed by atoms with E-state index in [-0.39, 0.29) is 6.54 Å². The highest BCUT2D eigenvalue weighted by molar-refractivity contribution is 6.39. The zero-order valence-corrected chi connectivity index (χ0v) is 13.3. The minimum Gasteiger partial charge on any atom is -0.342 e. The van der Waals surface area contributed by atoms with Gasteiger partial charge in [-0.3, -0.25) is 9.59 Å². The number of rotatable bonds is 3. The summed E-state index contributed by atoms with van der Waals surface area (Å²) in [5.74, 6) is -4.47. The molecule has 128 valence electrons. The summed E-state index contributed by atoms with van der Waals surface area (Å²) in [7, 11) is 0. The van der Waals surface area contributed by atoms with E-state index in [1.165, 1.54) is 6.07 Å². The van der Waals surface area contributed by atoms with Crippen molar-refractivity contribution in [1.29, 1.82) is 0 Å². The number of halogens is 3. The maximum absolute atomic E-state index is 13.5. The van der Waals surface area contributed by atoms with Gasteiger partial charge in [-0.15, -0.1) is 0 Å². The molecule has 0 bridgehead atoms. The van der Waals surface area contributed by atoms with Crippen LogP contribution in [0, 0.1) is 11.6 Å². The molecule has 0 fully saturated rings. The minimum absolute atomic E-state index is 0.0167. The van der Waals surface area contributed by atoms with Gasteiger partial charge >= 0.3 is 11.8 Å². The first-order chi connectivity index (χ1) is 11.9. The van der Waals surface area contributed by atoms with Crippen molar-refractivity contribution in [2.24, 2.45) is 0 Å². The molecule has 3 aromatic rings. The van der Waals surface area contributed by atoms with E-state index in [2.05, 4.69) is 10.3 Å². The van der Waals surface area contributed by atoms with Crippen molar-refractivity contribution < 1.29 is 18.4 Å². The van der Waals surface area contributed by atoms with Gasteiger partial charge in [0.15, 0.2) is 11.6 Å². The van der Waals surface area contributed by atoms with Gasteiger partial charge in [0.25, 0.3) is 0 Å². The number of hydrogen-bond acceptors (Lipinski definition) is 3. The Morgan fingerprint density at radius 1 is 1.12 bits per heavy atom. The molecule has 0 aliphatic carbocycles. The summed E-state index contributed by atoms with van der Waals surface area (Å²) in [5, 5.41) is 4.89. The minimum atomic E-state index is -1.24. The molecule has 2 heterocycles. The van der Waals surface area contributed by atoms with Gasteiger partial charge in [0, 0.05) is 12.4 Å². The van der Waals surface area contributed by atoms with Crippen molar-refractivity contribution in [2.45, 2.75) is 6.54 Å². The van der Waals surface area contributed by atoms with Crippen LogP contribution in [0.4, 0.5) is 14.5 Å². The number of fused-ring (bicyclic) bond motifs is 1. The molecule has 2 N–H and O–H groups in total. The first kappa shape index (κ1) is 16.8. The van der Waals surface area contributed by atoms with Gasteiger partial charge in [-0.05, 0) is 24.3 Å². The molecule has 0 saturated heterocycles. The molecule has 2 aromatic heterocycles. The second kappa shape index (κ2) is 6.86. The second-order valence-electron chi connectivity index (χ2n) is 5.08. The summed E-state index contributed by atoms with van der Waals surface area (Å²) in [6.07, 6.45) is 3.29. The first-order valence-corrected chi connectivity index (χ1v) is 7.48. The van der Waals surface area contributed by atoms with Crippen LogP contribution in [0.5, 0.6) is 0 Å². The van der Waals surface area contributed by atoms with Gasteiger partial charge in [0.05, 0.1) is 22.9 Å². The SMILES string of the molecule is O=C(NCc1cn2cc(Cl)ccc2n1)C(=O)Nc1cccc(F)c1F. The molecule has 0 aliphatic heterocycles. The van der Waals surface area contributed by atoms with E-state index >= 15 is 0 Å². The van der Waals surface area contributed by atoms with Crippen LogP contribution in [-0.2, 0) is 16.1 Å². The Hall–Kier alpha value is -3.00. The highest BCUT2D eigenvalue weighted by Crippen LogP contribution is 2.16. The highest BCUT2D eigenvalue weighted by Gasteiger charge is 2.17. The van der Waals surface area contributed by atoms with Crippen molar-refractivity contribution in [1.82, 2.24) is 14.7 Å². The van der Waals surface area contributed by atoms with Gasteiger partial charge in [-0.2, -0.15) is 0 Å². The maximum Gasteiger partial charge on any atom is 0.313 e. The summed E-state index contributed by atoms with van der Waals surface area (Å²) in [4.78, 5) is 27.8. The lowest BCUT2D eigenvalue weighted by molar-refractivity contribution is -0.136. The summed E-state index contributed by atoms with van der Waals surface area (Å²) in [6, 6.07) is 6.64. The van der Waals surface area contributed by atoms with E-state index in [0.29, 0.717) is 16.4 Å². The maximum atomic E-state index is 13.5. The fourth-order valence-corrected chi connectivity index (χ4v) is 2.30. The molecule has 0 atom stereocenters. The van der Waals surface area contributed by atoms with Crippen LogP contribution in [0.25, 0.3) is 5.65 Å². The Kier molecular flexibility index (Phi) is 4.62. The summed E-state index contributed by atoms with van der Waals surface area (Å²) < 4.78 is 28.2. The number of benzene rings is 1. The molecule has 3 rings (SSSR count). The van der Waals surface area contributed by atoms with E-state index in [0.717, 1.165) is 12.1 Å².